The monoisotopic (exact) mass is 377 g/mol. The van der Waals surface area contributed by atoms with Gasteiger partial charge in [-0.1, -0.05) is 23.5 Å². The highest BCUT2D eigenvalue weighted by molar-refractivity contribution is 7.22. The van der Waals surface area contributed by atoms with E-state index in [0.717, 1.165) is 21.5 Å². The van der Waals surface area contributed by atoms with Gasteiger partial charge < -0.3 is 0 Å². The van der Waals surface area contributed by atoms with Gasteiger partial charge in [0.05, 0.1) is 22.5 Å². The normalized spacial score (nSPS) is 11.1. The quantitative estimate of drug-likeness (QED) is 0.541. The molecule has 4 aromatic rings. The van der Waals surface area contributed by atoms with Crippen molar-refractivity contribution in [2.75, 3.05) is 4.90 Å². The SMILES string of the molecule is Cc1ccc2sc(N(Cc3ccccn3)C(=O)c3ccn(C)n3)nc2c1C. The molecule has 6 nitrogen and oxygen atoms in total. The molecule has 3 aromatic heterocycles. The van der Waals surface area contributed by atoms with Crippen molar-refractivity contribution in [1.29, 1.82) is 0 Å². The third-order valence-corrected chi connectivity index (χ3v) is 5.57. The van der Waals surface area contributed by atoms with E-state index in [2.05, 4.69) is 36.1 Å². The number of amides is 1. The van der Waals surface area contributed by atoms with Gasteiger partial charge in [-0.05, 0) is 49.2 Å². The predicted molar refractivity (Wildman–Crippen MR) is 107 cm³/mol. The predicted octanol–water partition coefficient (Wildman–Crippen LogP) is 3.89. The van der Waals surface area contributed by atoms with Gasteiger partial charge in [-0.15, -0.1) is 0 Å². The molecule has 0 aliphatic rings. The summed E-state index contributed by atoms with van der Waals surface area (Å²) in [7, 11) is 1.80. The number of anilines is 1. The van der Waals surface area contributed by atoms with Crippen LogP contribution in [0.1, 0.15) is 27.3 Å². The van der Waals surface area contributed by atoms with Crippen LogP contribution in [0, 0.1) is 13.8 Å². The van der Waals surface area contributed by atoms with Crippen molar-refractivity contribution in [2.45, 2.75) is 20.4 Å². The Balaban J connectivity index is 1.79. The first-order chi connectivity index (χ1) is 13.0. The fourth-order valence-electron chi connectivity index (χ4n) is 2.88. The number of hydrogen-bond acceptors (Lipinski definition) is 5. The van der Waals surface area contributed by atoms with Crippen LogP contribution in [0.3, 0.4) is 0 Å². The first-order valence-corrected chi connectivity index (χ1v) is 9.43. The number of thiazole rings is 1. The lowest BCUT2D eigenvalue weighted by Gasteiger charge is -2.18. The Morgan fingerprint density at radius 2 is 2.04 bits per heavy atom. The van der Waals surface area contributed by atoms with E-state index in [9.17, 15) is 4.79 Å². The molecule has 7 heteroatoms. The van der Waals surface area contributed by atoms with Crippen molar-refractivity contribution in [3.8, 4) is 0 Å². The van der Waals surface area contributed by atoms with Gasteiger partial charge in [-0.2, -0.15) is 5.10 Å². The summed E-state index contributed by atoms with van der Waals surface area (Å²) in [6.07, 6.45) is 3.49. The maximum absolute atomic E-state index is 13.2. The van der Waals surface area contributed by atoms with E-state index in [1.165, 1.54) is 16.9 Å². The molecule has 0 saturated heterocycles. The van der Waals surface area contributed by atoms with Crippen molar-refractivity contribution in [3.63, 3.8) is 0 Å². The number of aromatic nitrogens is 4. The van der Waals surface area contributed by atoms with E-state index in [1.54, 1.807) is 35.1 Å². The lowest BCUT2D eigenvalue weighted by atomic mass is 10.1. The van der Waals surface area contributed by atoms with Gasteiger partial charge in [0.15, 0.2) is 10.8 Å². The summed E-state index contributed by atoms with van der Waals surface area (Å²) in [5.74, 6) is -0.185. The van der Waals surface area contributed by atoms with E-state index >= 15 is 0 Å². The van der Waals surface area contributed by atoms with Crippen LogP contribution in [0.25, 0.3) is 10.2 Å². The minimum atomic E-state index is -0.185. The maximum Gasteiger partial charge on any atom is 0.280 e. The van der Waals surface area contributed by atoms with Crippen molar-refractivity contribution >= 4 is 32.6 Å². The van der Waals surface area contributed by atoms with Crippen LogP contribution in [0.5, 0.6) is 0 Å². The average molecular weight is 377 g/mol. The molecule has 0 fully saturated rings. The van der Waals surface area contributed by atoms with E-state index in [4.69, 9.17) is 4.98 Å². The highest BCUT2D eigenvalue weighted by Gasteiger charge is 2.24. The van der Waals surface area contributed by atoms with Gasteiger partial charge in [0.1, 0.15) is 0 Å². The molecule has 0 saturated carbocycles. The molecule has 1 amide bonds. The van der Waals surface area contributed by atoms with Crippen molar-refractivity contribution in [3.05, 3.63) is 71.3 Å². The zero-order valence-corrected chi connectivity index (χ0v) is 16.2. The summed E-state index contributed by atoms with van der Waals surface area (Å²) in [6.45, 7) is 4.47. The van der Waals surface area contributed by atoms with Crippen molar-refractivity contribution in [2.24, 2.45) is 7.05 Å². The fourth-order valence-corrected chi connectivity index (χ4v) is 3.90. The van der Waals surface area contributed by atoms with Gasteiger partial charge in [0, 0.05) is 19.4 Å². The number of aryl methyl sites for hydroxylation is 3. The third-order valence-electron chi connectivity index (χ3n) is 4.53. The van der Waals surface area contributed by atoms with E-state index in [0.29, 0.717) is 17.4 Å². The highest BCUT2D eigenvalue weighted by Crippen LogP contribution is 2.33. The number of pyridine rings is 1. The summed E-state index contributed by atoms with van der Waals surface area (Å²) >= 11 is 1.51. The number of hydrogen-bond donors (Lipinski definition) is 0. The van der Waals surface area contributed by atoms with E-state index in [-0.39, 0.29) is 5.91 Å². The summed E-state index contributed by atoms with van der Waals surface area (Å²) in [4.78, 5) is 24.0. The third kappa shape index (κ3) is 3.33. The van der Waals surface area contributed by atoms with E-state index < -0.39 is 0 Å². The summed E-state index contributed by atoms with van der Waals surface area (Å²) in [5.41, 5.74) is 4.45. The lowest BCUT2D eigenvalue weighted by molar-refractivity contribution is 0.0979. The second-order valence-electron chi connectivity index (χ2n) is 6.44. The van der Waals surface area contributed by atoms with Gasteiger partial charge in [-0.25, -0.2) is 4.98 Å². The first kappa shape index (κ1) is 17.4. The van der Waals surface area contributed by atoms with Crippen LogP contribution < -0.4 is 4.90 Å². The second kappa shape index (κ2) is 6.92. The van der Waals surface area contributed by atoms with Crippen LogP contribution in [-0.4, -0.2) is 25.7 Å². The topological polar surface area (TPSA) is 63.9 Å². The molecule has 4 rings (SSSR count). The molecule has 0 unspecified atom stereocenters. The largest absolute Gasteiger partial charge is 0.280 e. The Bertz CT molecular complexity index is 1120. The Morgan fingerprint density at radius 3 is 2.74 bits per heavy atom. The molecule has 0 N–H and O–H groups in total. The maximum atomic E-state index is 13.2. The molecular formula is C20H19N5OS. The zero-order valence-electron chi connectivity index (χ0n) is 15.4. The van der Waals surface area contributed by atoms with E-state index in [1.807, 2.05) is 18.2 Å². The molecule has 0 radical (unpaired) electrons. The molecule has 0 bridgehead atoms. The van der Waals surface area contributed by atoms with Crippen molar-refractivity contribution < 1.29 is 4.79 Å². The lowest BCUT2D eigenvalue weighted by Crippen LogP contribution is -2.31. The molecular weight excluding hydrogens is 358 g/mol. The van der Waals surface area contributed by atoms with Gasteiger partial charge in [0.25, 0.3) is 5.91 Å². The molecule has 3 heterocycles. The molecule has 0 spiro atoms. The van der Waals surface area contributed by atoms with Crippen LogP contribution in [0.2, 0.25) is 0 Å². The molecule has 27 heavy (non-hydrogen) atoms. The minimum absolute atomic E-state index is 0.185. The molecule has 1 aromatic carbocycles. The Morgan fingerprint density at radius 1 is 1.19 bits per heavy atom. The Hall–Kier alpha value is -3.06. The summed E-state index contributed by atoms with van der Waals surface area (Å²) in [5, 5.41) is 4.92. The Kier molecular flexibility index (Phi) is 4.45. The molecule has 0 atom stereocenters. The van der Waals surface area contributed by atoms with Gasteiger partial charge in [0.2, 0.25) is 0 Å². The van der Waals surface area contributed by atoms with Crippen LogP contribution in [0.15, 0.2) is 48.8 Å². The first-order valence-electron chi connectivity index (χ1n) is 8.61. The van der Waals surface area contributed by atoms with Gasteiger partial charge in [-0.3, -0.25) is 19.4 Å². The number of carbonyl (C=O) groups is 1. The molecule has 0 aliphatic heterocycles. The zero-order chi connectivity index (χ0) is 19.0. The van der Waals surface area contributed by atoms with Gasteiger partial charge >= 0.3 is 0 Å². The number of benzene rings is 1. The Labute approximate surface area is 161 Å². The number of rotatable bonds is 4. The van der Waals surface area contributed by atoms with Crippen LogP contribution in [0.4, 0.5) is 5.13 Å². The summed E-state index contributed by atoms with van der Waals surface area (Å²) < 4.78 is 2.69. The number of carbonyl (C=O) groups excluding carboxylic acids is 1. The number of fused-ring (bicyclic) bond motifs is 1. The fraction of sp³-hybridized carbons (Fsp3) is 0.200. The smallest absolute Gasteiger partial charge is 0.276 e. The minimum Gasteiger partial charge on any atom is -0.276 e. The summed E-state index contributed by atoms with van der Waals surface area (Å²) in [6, 6.07) is 11.5. The van der Waals surface area contributed by atoms with Crippen LogP contribution in [-0.2, 0) is 13.6 Å². The van der Waals surface area contributed by atoms with Crippen molar-refractivity contribution in [1.82, 2.24) is 19.7 Å². The standard InChI is InChI=1S/C20H19N5OS/c1-13-7-8-17-18(14(13)2)22-20(27-17)25(12-15-6-4-5-10-21-15)19(26)16-9-11-24(3)23-16/h4-11H,12H2,1-3H3. The number of nitrogens with zero attached hydrogens (tertiary/aromatic N) is 5. The molecule has 136 valence electrons. The highest BCUT2D eigenvalue weighted by atomic mass is 32.1. The van der Waals surface area contributed by atoms with Crippen LogP contribution >= 0.6 is 11.3 Å². The molecule has 0 aliphatic carbocycles. The average Bonchev–Trinajstić information content (AvgIpc) is 3.30. The second-order valence-corrected chi connectivity index (χ2v) is 7.45.